The van der Waals surface area contributed by atoms with Crippen LogP contribution in [0.25, 0.3) is 0 Å². The van der Waals surface area contributed by atoms with Crippen molar-refractivity contribution in [2.75, 3.05) is 46.4 Å². The van der Waals surface area contributed by atoms with Crippen molar-refractivity contribution in [1.82, 2.24) is 15.1 Å². The Kier molecular flexibility index (Phi) is 7.75. The average molecular weight is 412 g/mol. The molecule has 2 aromatic rings. The van der Waals surface area contributed by atoms with Gasteiger partial charge in [-0.15, -0.1) is 0 Å². The number of carbonyl (C=O) groups is 1. The molecule has 3 rings (SSSR count). The molecule has 0 radical (unpaired) electrons. The Hall–Kier alpha value is -2.97. The Morgan fingerprint density at radius 2 is 1.80 bits per heavy atom. The molecular formula is C22H28N4O4. The molecule has 2 aromatic carbocycles. The first-order valence-corrected chi connectivity index (χ1v) is 10.2. The number of non-ortho nitro benzene ring substituents is 1. The summed E-state index contributed by atoms with van der Waals surface area (Å²) in [4.78, 5) is 27.7. The highest BCUT2D eigenvalue weighted by Gasteiger charge is 2.18. The van der Waals surface area contributed by atoms with Gasteiger partial charge in [-0.25, -0.2) is 0 Å². The lowest BCUT2D eigenvalue weighted by atomic mass is 10.1. The fraction of sp³-hybridized carbons (Fsp3) is 0.409. The number of nitrogens with one attached hydrogen (secondary N) is 1. The number of piperazine rings is 1. The van der Waals surface area contributed by atoms with Gasteiger partial charge in [0.25, 0.3) is 11.6 Å². The summed E-state index contributed by atoms with van der Waals surface area (Å²) in [6.07, 6.45) is 0.821. The Morgan fingerprint density at radius 1 is 1.10 bits per heavy atom. The Balaban J connectivity index is 1.39. The summed E-state index contributed by atoms with van der Waals surface area (Å²) < 4.78 is 5.16. The first-order valence-electron chi connectivity index (χ1n) is 10.2. The van der Waals surface area contributed by atoms with Gasteiger partial charge in [-0.3, -0.25) is 19.8 Å². The van der Waals surface area contributed by atoms with Crippen LogP contribution in [0.3, 0.4) is 0 Å². The zero-order valence-corrected chi connectivity index (χ0v) is 17.3. The Bertz CT molecular complexity index is 851. The van der Waals surface area contributed by atoms with Crippen LogP contribution in [0.1, 0.15) is 22.3 Å². The van der Waals surface area contributed by atoms with Crippen molar-refractivity contribution in [2.24, 2.45) is 0 Å². The van der Waals surface area contributed by atoms with E-state index in [1.807, 2.05) is 6.07 Å². The van der Waals surface area contributed by atoms with E-state index in [9.17, 15) is 14.9 Å². The van der Waals surface area contributed by atoms with Crippen molar-refractivity contribution < 1.29 is 14.5 Å². The number of benzene rings is 2. The molecule has 1 aliphatic rings. The fourth-order valence-electron chi connectivity index (χ4n) is 3.60. The van der Waals surface area contributed by atoms with Gasteiger partial charge in [0.15, 0.2) is 0 Å². The van der Waals surface area contributed by atoms with E-state index in [2.05, 4.69) is 39.4 Å². The molecule has 0 bridgehead atoms. The van der Waals surface area contributed by atoms with Gasteiger partial charge in [-0.1, -0.05) is 30.3 Å². The Morgan fingerprint density at radius 3 is 2.47 bits per heavy atom. The van der Waals surface area contributed by atoms with Gasteiger partial charge >= 0.3 is 0 Å². The van der Waals surface area contributed by atoms with E-state index in [1.165, 1.54) is 30.9 Å². The van der Waals surface area contributed by atoms with E-state index in [0.29, 0.717) is 12.3 Å². The number of nitro benzene ring substituents is 1. The van der Waals surface area contributed by atoms with Crippen LogP contribution in [-0.4, -0.2) is 67.0 Å². The van der Waals surface area contributed by atoms with Crippen LogP contribution in [-0.2, 0) is 6.54 Å². The highest BCUT2D eigenvalue weighted by atomic mass is 16.6. The number of amides is 1. The lowest BCUT2D eigenvalue weighted by Crippen LogP contribution is -2.46. The normalized spacial score (nSPS) is 15.0. The van der Waals surface area contributed by atoms with Gasteiger partial charge in [0.2, 0.25) is 0 Å². The van der Waals surface area contributed by atoms with Crippen LogP contribution < -0.4 is 10.1 Å². The number of hydrogen-bond acceptors (Lipinski definition) is 6. The highest BCUT2D eigenvalue weighted by Crippen LogP contribution is 2.23. The van der Waals surface area contributed by atoms with Crippen molar-refractivity contribution in [3.8, 4) is 5.75 Å². The molecule has 8 heteroatoms. The molecule has 1 N–H and O–H groups in total. The zero-order chi connectivity index (χ0) is 21.3. The standard InChI is InChI=1S/C22H28N4O4/c1-30-21-9-8-19(26(28)29)16-20(21)22(27)23-10-5-11-24-12-14-25(15-13-24)17-18-6-3-2-4-7-18/h2-4,6-9,16H,5,10-15,17H2,1H3,(H,23,27). The summed E-state index contributed by atoms with van der Waals surface area (Å²) in [6.45, 7) is 6.49. The van der Waals surface area contributed by atoms with Crippen molar-refractivity contribution in [3.63, 3.8) is 0 Å². The molecule has 1 heterocycles. The van der Waals surface area contributed by atoms with Gasteiger partial charge in [0.05, 0.1) is 17.6 Å². The molecule has 0 aliphatic carbocycles. The Labute approximate surface area is 176 Å². The molecule has 30 heavy (non-hydrogen) atoms. The quantitative estimate of drug-likeness (QED) is 0.387. The average Bonchev–Trinajstić information content (AvgIpc) is 2.77. The second kappa shape index (κ2) is 10.7. The van der Waals surface area contributed by atoms with Crippen LogP contribution in [0.4, 0.5) is 5.69 Å². The largest absolute Gasteiger partial charge is 0.496 e. The van der Waals surface area contributed by atoms with Gasteiger partial charge in [-0.2, -0.15) is 0 Å². The molecule has 0 saturated carbocycles. The van der Waals surface area contributed by atoms with Crippen LogP contribution in [0.5, 0.6) is 5.75 Å². The summed E-state index contributed by atoms with van der Waals surface area (Å²) in [5.74, 6) is -0.0316. The third-order valence-electron chi connectivity index (χ3n) is 5.29. The predicted octanol–water partition coefficient (Wildman–Crippen LogP) is 2.54. The molecule has 1 amide bonds. The molecule has 1 fully saturated rings. The van der Waals surface area contributed by atoms with Gasteiger partial charge in [0.1, 0.15) is 5.75 Å². The van der Waals surface area contributed by atoms with Gasteiger partial charge < -0.3 is 15.0 Å². The lowest BCUT2D eigenvalue weighted by molar-refractivity contribution is -0.384. The lowest BCUT2D eigenvalue weighted by Gasteiger charge is -2.34. The second-order valence-corrected chi connectivity index (χ2v) is 7.35. The maximum Gasteiger partial charge on any atom is 0.270 e. The molecule has 0 aromatic heterocycles. The number of ether oxygens (including phenoxy) is 1. The first kappa shape index (κ1) is 21.7. The molecular weight excluding hydrogens is 384 g/mol. The van der Waals surface area contributed by atoms with Crippen LogP contribution >= 0.6 is 0 Å². The summed E-state index contributed by atoms with van der Waals surface area (Å²) >= 11 is 0. The van der Waals surface area contributed by atoms with Crippen molar-refractivity contribution >= 4 is 11.6 Å². The number of methoxy groups -OCH3 is 1. The maximum absolute atomic E-state index is 12.4. The number of nitrogens with zero attached hydrogens (tertiary/aromatic N) is 3. The second-order valence-electron chi connectivity index (χ2n) is 7.35. The van der Waals surface area contributed by atoms with E-state index in [4.69, 9.17) is 4.74 Å². The number of carbonyl (C=O) groups excluding carboxylic acids is 1. The van der Waals surface area contributed by atoms with E-state index in [-0.39, 0.29) is 17.2 Å². The van der Waals surface area contributed by atoms with E-state index in [0.717, 1.165) is 45.7 Å². The zero-order valence-electron chi connectivity index (χ0n) is 17.3. The third-order valence-corrected chi connectivity index (χ3v) is 5.29. The van der Waals surface area contributed by atoms with E-state index < -0.39 is 4.92 Å². The number of rotatable bonds is 9. The van der Waals surface area contributed by atoms with Crippen molar-refractivity contribution in [3.05, 3.63) is 69.8 Å². The van der Waals surface area contributed by atoms with Crippen LogP contribution in [0.2, 0.25) is 0 Å². The molecule has 0 unspecified atom stereocenters. The van der Waals surface area contributed by atoms with Crippen molar-refractivity contribution in [1.29, 1.82) is 0 Å². The maximum atomic E-state index is 12.4. The minimum Gasteiger partial charge on any atom is -0.496 e. The first-order chi connectivity index (χ1) is 14.6. The number of nitro groups is 1. The fourth-order valence-corrected chi connectivity index (χ4v) is 3.60. The SMILES string of the molecule is COc1ccc([N+](=O)[O-])cc1C(=O)NCCCN1CCN(Cc2ccccc2)CC1. The topological polar surface area (TPSA) is 87.9 Å². The summed E-state index contributed by atoms with van der Waals surface area (Å²) in [6, 6.07) is 14.5. The van der Waals surface area contributed by atoms with Gasteiger partial charge in [0, 0.05) is 51.4 Å². The summed E-state index contributed by atoms with van der Waals surface area (Å²) in [5, 5.41) is 13.8. The molecule has 8 nitrogen and oxygen atoms in total. The van der Waals surface area contributed by atoms with E-state index in [1.54, 1.807) is 0 Å². The van der Waals surface area contributed by atoms with Crippen LogP contribution in [0, 0.1) is 10.1 Å². The minimum atomic E-state index is -0.520. The minimum absolute atomic E-state index is 0.130. The third kappa shape index (κ3) is 6.01. The predicted molar refractivity (Wildman–Crippen MR) is 115 cm³/mol. The monoisotopic (exact) mass is 412 g/mol. The molecule has 0 atom stereocenters. The summed E-state index contributed by atoms with van der Waals surface area (Å²) in [5.41, 5.74) is 1.39. The van der Waals surface area contributed by atoms with E-state index >= 15 is 0 Å². The molecule has 1 aliphatic heterocycles. The molecule has 1 saturated heterocycles. The van der Waals surface area contributed by atoms with Crippen molar-refractivity contribution in [2.45, 2.75) is 13.0 Å². The smallest absolute Gasteiger partial charge is 0.270 e. The highest BCUT2D eigenvalue weighted by molar-refractivity contribution is 5.97. The van der Waals surface area contributed by atoms with Crippen LogP contribution in [0.15, 0.2) is 48.5 Å². The number of hydrogen-bond donors (Lipinski definition) is 1. The molecule has 0 spiro atoms. The molecule has 160 valence electrons. The van der Waals surface area contributed by atoms with Gasteiger partial charge in [-0.05, 0) is 24.6 Å². The summed E-state index contributed by atoms with van der Waals surface area (Å²) in [7, 11) is 1.44.